The van der Waals surface area contributed by atoms with Gasteiger partial charge in [-0.2, -0.15) is 0 Å². The quantitative estimate of drug-likeness (QED) is 0.389. The molecule has 1 aromatic carbocycles. The maximum atomic E-state index is 8.36. The molecular formula is C9H10N6. The van der Waals surface area contributed by atoms with Gasteiger partial charge in [0.05, 0.1) is 0 Å². The summed E-state index contributed by atoms with van der Waals surface area (Å²) in [7, 11) is 0. The number of azide groups is 2. The molecule has 6 heteroatoms. The van der Waals surface area contributed by atoms with Crippen LogP contribution in [0.3, 0.4) is 0 Å². The molecule has 15 heavy (non-hydrogen) atoms. The highest BCUT2D eigenvalue weighted by atomic mass is 15.2. The topological polar surface area (TPSA) is 97.5 Å². The Kier molecular flexibility index (Phi) is 4.04. The molecule has 0 amide bonds. The van der Waals surface area contributed by atoms with E-state index in [0.717, 1.165) is 18.4 Å². The molecule has 0 spiro atoms. The van der Waals surface area contributed by atoms with E-state index in [-0.39, 0.29) is 0 Å². The molecule has 0 fully saturated rings. The Labute approximate surface area is 86.8 Å². The smallest absolute Gasteiger partial charge is 0.0473 e. The minimum absolute atomic E-state index is 0.357. The van der Waals surface area contributed by atoms with Crippen molar-refractivity contribution in [2.75, 3.05) is 0 Å². The Morgan fingerprint density at radius 1 is 1.13 bits per heavy atom. The van der Waals surface area contributed by atoms with E-state index >= 15 is 0 Å². The predicted octanol–water partition coefficient (Wildman–Crippen LogP) is 4.52. The van der Waals surface area contributed by atoms with Crippen LogP contribution in [-0.4, -0.2) is 0 Å². The number of hydrogen-bond acceptors (Lipinski definition) is 2. The van der Waals surface area contributed by atoms with E-state index in [9.17, 15) is 0 Å². The second kappa shape index (κ2) is 5.54. The van der Waals surface area contributed by atoms with E-state index in [2.05, 4.69) is 27.0 Å². The zero-order valence-electron chi connectivity index (χ0n) is 8.33. The van der Waals surface area contributed by atoms with Crippen LogP contribution in [0.5, 0.6) is 0 Å². The molecule has 0 heterocycles. The van der Waals surface area contributed by atoms with Crippen LogP contribution in [0.2, 0.25) is 0 Å². The molecule has 0 bridgehead atoms. The van der Waals surface area contributed by atoms with Crippen molar-refractivity contribution in [2.45, 2.75) is 19.8 Å². The molecule has 76 valence electrons. The third-order valence-corrected chi connectivity index (χ3v) is 1.88. The third kappa shape index (κ3) is 2.91. The highest BCUT2D eigenvalue weighted by molar-refractivity contribution is 5.62. The summed E-state index contributed by atoms with van der Waals surface area (Å²) in [4.78, 5) is 5.36. The van der Waals surface area contributed by atoms with E-state index in [1.54, 1.807) is 12.1 Å². The van der Waals surface area contributed by atoms with Crippen molar-refractivity contribution in [3.63, 3.8) is 0 Å². The van der Waals surface area contributed by atoms with Gasteiger partial charge in [-0.05, 0) is 29.1 Å². The van der Waals surface area contributed by atoms with Gasteiger partial charge in [-0.1, -0.05) is 35.7 Å². The Bertz CT molecular complexity index is 440. The van der Waals surface area contributed by atoms with Gasteiger partial charge in [0.1, 0.15) is 0 Å². The summed E-state index contributed by atoms with van der Waals surface area (Å²) in [5, 5.41) is 6.93. The molecule has 0 aromatic heterocycles. The van der Waals surface area contributed by atoms with Crippen LogP contribution in [0.1, 0.15) is 18.9 Å². The average Bonchev–Trinajstić information content (AvgIpc) is 2.23. The lowest BCUT2D eigenvalue weighted by molar-refractivity contribution is 0.922. The fraction of sp³-hybridized carbons (Fsp3) is 0.333. The van der Waals surface area contributed by atoms with Crippen molar-refractivity contribution in [3.05, 3.63) is 44.6 Å². The van der Waals surface area contributed by atoms with Crippen LogP contribution in [0, 0.1) is 0 Å². The fourth-order valence-corrected chi connectivity index (χ4v) is 1.27. The minimum Gasteiger partial charge on any atom is -0.0651 e. The molecule has 1 rings (SSSR count). The first kappa shape index (κ1) is 10.9. The molecule has 0 radical (unpaired) electrons. The van der Waals surface area contributed by atoms with Crippen LogP contribution in [0.25, 0.3) is 20.9 Å². The van der Waals surface area contributed by atoms with Crippen molar-refractivity contribution < 1.29 is 0 Å². The number of aryl methyl sites for hydroxylation is 1. The van der Waals surface area contributed by atoms with Gasteiger partial charge in [-0.3, -0.25) is 0 Å². The summed E-state index contributed by atoms with van der Waals surface area (Å²) in [5.41, 5.74) is 18.5. The van der Waals surface area contributed by atoms with Gasteiger partial charge in [0.25, 0.3) is 0 Å². The zero-order valence-corrected chi connectivity index (χ0v) is 8.33. The molecule has 0 atom stereocenters. The SMILES string of the molecule is CCCc1ccc(N=[N+]=[N-])c(N=[N+]=[N-])c1. The first-order chi connectivity index (χ1) is 7.31. The first-order valence-electron chi connectivity index (χ1n) is 4.55. The Morgan fingerprint density at radius 2 is 1.80 bits per heavy atom. The van der Waals surface area contributed by atoms with Crippen LogP contribution >= 0.6 is 0 Å². The molecule has 0 N–H and O–H groups in total. The highest BCUT2D eigenvalue weighted by Gasteiger charge is 2.00. The average molecular weight is 202 g/mol. The van der Waals surface area contributed by atoms with Crippen LogP contribution in [0.15, 0.2) is 28.4 Å². The van der Waals surface area contributed by atoms with Gasteiger partial charge in [0.15, 0.2) is 0 Å². The minimum atomic E-state index is 0.357. The third-order valence-electron chi connectivity index (χ3n) is 1.88. The van der Waals surface area contributed by atoms with E-state index < -0.39 is 0 Å². The molecule has 0 aliphatic heterocycles. The van der Waals surface area contributed by atoms with Gasteiger partial charge in [0.2, 0.25) is 0 Å². The molecule has 0 aliphatic rings. The van der Waals surface area contributed by atoms with Crippen molar-refractivity contribution in [3.8, 4) is 0 Å². The lowest BCUT2D eigenvalue weighted by Crippen LogP contribution is -1.81. The standard InChI is InChI=1S/C9H10N6/c1-2-3-7-4-5-8(12-14-10)9(6-7)13-15-11/h4-6H,2-3H2,1H3. The second-order valence-electron chi connectivity index (χ2n) is 2.95. The molecule has 1 aromatic rings. The Balaban J connectivity index is 3.19. The van der Waals surface area contributed by atoms with Gasteiger partial charge in [-0.25, -0.2) is 0 Å². The van der Waals surface area contributed by atoms with Crippen molar-refractivity contribution >= 4 is 11.4 Å². The first-order valence-corrected chi connectivity index (χ1v) is 4.55. The lowest BCUT2D eigenvalue weighted by Gasteiger charge is -2.02. The van der Waals surface area contributed by atoms with Crippen LogP contribution < -0.4 is 0 Å². The van der Waals surface area contributed by atoms with E-state index in [4.69, 9.17) is 11.1 Å². The second-order valence-corrected chi connectivity index (χ2v) is 2.95. The number of nitrogens with zero attached hydrogens (tertiary/aromatic N) is 6. The summed E-state index contributed by atoms with van der Waals surface area (Å²) in [6.45, 7) is 2.06. The molecule has 0 saturated carbocycles. The number of benzene rings is 1. The van der Waals surface area contributed by atoms with E-state index in [0.29, 0.717) is 11.4 Å². The van der Waals surface area contributed by atoms with Gasteiger partial charge < -0.3 is 0 Å². The van der Waals surface area contributed by atoms with Crippen molar-refractivity contribution in [1.82, 2.24) is 0 Å². The fourth-order valence-electron chi connectivity index (χ4n) is 1.27. The summed E-state index contributed by atoms with van der Waals surface area (Å²) in [6.07, 6.45) is 1.92. The predicted molar refractivity (Wildman–Crippen MR) is 58.0 cm³/mol. The largest absolute Gasteiger partial charge is 0.0651 e. The summed E-state index contributed by atoms with van der Waals surface area (Å²) < 4.78 is 0. The Morgan fingerprint density at radius 3 is 2.40 bits per heavy atom. The molecule has 6 nitrogen and oxygen atoms in total. The van der Waals surface area contributed by atoms with Crippen LogP contribution in [-0.2, 0) is 6.42 Å². The summed E-state index contributed by atoms with van der Waals surface area (Å²) >= 11 is 0. The highest BCUT2D eigenvalue weighted by Crippen LogP contribution is 2.29. The van der Waals surface area contributed by atoms with Crippen molar-refractivity contribution in [1.29, 1.82) is 0 Å². The lowest BCUT2D eigenvalue weighted by atomic mass is 10.1. The monoisotopic (exact) mass is 202 g/mol. The molecule has 0 saturated heterocycles. The van der Waals surface area contributed by atoms with E-state index in [1.165, 1.54) is 0 Å². The number of rotatable bonds is 4. The van der Waals surface area contributed by atoms with Gasteiger partial charge in [0, 0.05) is 21.2 Å². The summed E-state index contributed by atoms with van der Waals surface area (Å²) in [5.74, 6) is 0. The molecular weight excluding hydrogens is 192 g/mol. The number of hydrogen-bond donors (Lipinski definition) is 0. The summed E-state index contributed by atoms with van der Waals surface area (Å²) in [6, 6.07) is 5.27. The zero-order chi connectivity index (χ0) is 11.1. The Hall–Kier alpha value is -2.16. The van der Waals surface area contributed by atoms with Gasteiger partial charge in [-0.15, -0.1) is 0 Å². The molecule has 0 unspecified atom stereocenters. The van der Waals surface area contributed by atoms with Gasteiger partial charge >= 0.3 is 0 Å². The van der Waals surface area contributed by atoms with Crippen LogP contribution in [0.4, 0.5) is 11.4 Å². The molecule has 0 aliphatic carbocycles. The van der Waals surface area contributed by atoms with E-state index in [1.807, 2.05) is 6.07 Å². The maximum absolute atomic E-state index is 8.36. The normalized spacial score (nSPS) is 8.87. The van der Waals surface area contributed by atoms with Crippen molar-refractivity contribution in [2.24, 2.45) is 10.2 Å². The maximum Gasteiger partial charge on any atom is 0.0473 e.